The summed E-state index contributed by atoms with van der Waals surface area (Å²) in [5, 5.41) is 11.9. The second-order valence-corrected chi connectivity index (χ2v) is 15.7. The van der Waals surface area contributed by atoms with E-state index >= 15 is 0 Å². The van der Waals surface area contributed by atoms with Gasteiger partial charge < -0.3 is 23.8 Å². The van der Waals surface area contributed by atoms with Crippen LogP contribution in [0.3, 0.4) is 0 Å². The summed E-state index contributed by atoms with van der Waals surface area (Å²) in [6.45, 7) is 11.8. The van der Waals surface area contributed by atoms with Crippen LogP contribution in [0.1, 0.15) is 54.4 Å². The number of hydrogen-bond acceptors (Lipinski definition) is 5. The van der Waals surface area contributed by atoms with Crippen molar-refractivity contribution in [3.63, 3.8) is 0 Å². The van der Waals surface area contributed by atoms with E-state index in [1.165, 1.54) is 7.11 Å². The molecule has 0 radical (unpaired) electrons. The molecule has 0 amide bonds. The molecule has 1 aliphatic rings. The summed E-state index contributed by atoms with van der Waals surface area (Å²) in [5.41, 5.74) is -0.852. The highest BCUT2D eigenvalue weighted by atomic mass is 28.4. The molecule has 1 aliphatic heterocycles. The number of carboxylic acids is 1. The Morgan fingerprint density at radius 1 is 1.06 bits per heavy atom. The Morgan fingerprint density at radius 2 is 1.56 bits per heavy atom. The summed E-state index contributed by atoms with van der Waals surface area (Å²) in [6.07, 6.45) is 0.597. The third kappa shape index (κ3) is 5.21. The van der Waals surface area contributed by atoms with E-state index in [1.54, 1.807) is 6.92 Å². The summed E-state index contributed by atoms with van der Waals surface area (Å²) in [4.78, 5) is 24.2. The fourth-order valence-corrected chi connectivity index (χ4v) is 10.0. The number of aliphatic carboxylic acids is 1. The van der Waals surface area contributed by atoms with Gasteiger partial charge in [0.1, 0.15) is 12.2 Å². The van der Waals surface area contributed by atoms with Crippen molar-refractivity contribution in [2.45, 2.75) is 77.4 Å². The normalized spacial score (nSPS) is 24.2. The van der Waals surface area contributed by atoms with E-state index in [-0.39, 0.29) is 11.5 Å². The van der Waals surface area contributed by atoms with Gasteiger partial charge in [-0.05, 0) is 28.8 Å². The van der Waals surface area contributed by atoms with Crippen molar-refractivity contribution in [1.82, 2.24) is 0 Å². The Hall–Kier alpha value is -2.32. The van der Waals surface area contributed by atoms with Crippen LogP contribution in [0.2, 0.25) is 5.04 Å². The fraction of sp³-hybridized carbons (Fsp3) is 0.517. The second-order valence-electron chi connectivity index (χ2n) is 11.5. The van der Waals surface area contributed by atoms with Gasteiger partial charge in [0.25, 0.3) is 8.32 Å². The molecule has 7 heteroatoms. The Balaban J connectivity index is 2.20. The van der Waals surface area contributed by atoms with Crippen LogP contribution in [0, 0.1) is 11.3 Å². The van der Waals surface area contributed by atoms with Gasteiger partial charge in [0.05, 0.1) is 12.2 Å². The number of methoxy groups -OCH3 is 1. The fourth-order valence-electron chi connectivity index (χ4n) is 5.31. The molecular weight excluding hydrogens is 472 g/mol. The minimum absolute atomic E-state index is 0.243. The highest BCUT2D eigenvalue weighted by Crippen LogP contribution is 2.45. The summed E-state index contributed by atoms with van der Waals surface area (Å²) in [6, 6.07) is 20.6. The third-order valence-electron chi connectivity index (χ3n) is 7.60. The molecule has 1 N–H and O–H groups in total. The van der Waals surface area contributed by atoms with E-state index in [0.717, 1.165) is 16.7 Å². The van der Waals surface area contributed by atoms with Gasteiger partial charge in [0.2, 0.25) is 0 Å². The number of rotatable bonds is 9. The molecule has 0 aliphatic carbocycles. The summed E-state index contributed by atoms with van der Waals surface area (Å²) in [7, 11) is -1.45. The van der Waals surface area contributed by atoms with Gasteiger partial charge in [0.15, 0.2) is 5.79 Å². The number of carboxylic acid groups (broad SMARTS) is 1. The molecule has 0 aromatic heterocycles. The largest absolute Gasteiger partial charge is 0.481 e. The summed E-state index contributed by atoms with van der Waals surface area (Å²) >= 11 is 0. The average molecular weight is 513 g/mol. The van der Waals surface area contributed by atoms with Gasteiger partial charge in [-0.15, -0.1) is 0 Å². The molecule has 0 spiro atoms. The number of hydrogen-bond donors (Lipinski definition) is 1. The first kappa shape index (κ1) is 28.3. The molecule has 4 atom stereocenters. The van der Waals surface area contributed by atoms with Crippen molar-refractivity contribution >= 4 is 30.9 Å². The molecule has 2 unspecified atom stereocenters. The standard InChI is InChI=1S/C29H40O6Si/c1-21(26(31)32)29(33-7)19-22(18-25(34-29)28(5,6)20-30)35-36(27(2,3)4,23-14-10-8-11-15-23)24-16-12-9-13-17-24/h8-17,20-22,25H,18-19H2,1-7H3,(H,31,32)/t21?,22?,25-,29+/m1/s1. The third-order valence-corrected chi connectivity index (χ3v) is 12.7. The lowest BCUT2D eigenvalue weighted by molar-refractivity contribution is -0.315. The van der Waals surface area contributed by atoms with Crippen molar-refractivity contribution in [2.75, 3.05) is 7.11 Å². The molecule has 36 heavy (non-hydrogen) atoms. The number of benzene rings is 2. The van der Waals surface area contributed by atoms with Crippen molar-refractivity contribution in [1.29, 1.82) is 0 Å². The topological polar surface area (TPSA) is 82.1 Å². The first-order valence-electron chi connectivity index (χ1n) is 12.5. The van der Waals surface area contributed by atoms with Crippen LogP contribution in [-0.4, -0.2) is 50.8 Å². The molecule has 1 fully saturated rings. The predicted octanol–water partition coefficient (Wildman–Crippen LogP) is 4.40. The van der Waals surface area contributed by atoms with Crippen LogP contribution in [0.4, 0.5) is 0 Å². The van der Waals surface area contributed by atoms with Crippen LogP contribution in [0.25, 0.3) is 0 Å². The highest BCUT2D eigenvalue weighted by molar-refractivity contribution is 6.99. The smallest absolute Gasteiger partial charge is 0.311 e. The van der Waals surface area contributed by atoms with E-state index in [0.29, 0.717) is 6.42 Å². The first-order chi connectivity index (χ1) is 16.8. The Morgan fingerprint density at radius 3 is 1.94 bits per heavy atom. The lowest BCUT2D eigenvalue weighted by Gasteiger charge is -2.52. The Bertz CT molecular complexity index is 993. The molecule has 2 aromatic carbocycles. The Kier molecular flexibility index (Phi) is 8.30. The zero-order valence-electron chi connectivity index (χ0n) is 22.5. The number of carbonyl (C=O) groups is 2. The maximum absolute atomic E-state index is 12.1. The van der Waals surface area contributed by atoms with Crippen molar-refractivity contribution < 1.29 is 28.6 Å². The lowest BCUT2D eigenvalue weighted by Crippen LogP contribution is -2.69. The van der Waals surface area contributed by atoms with Gasteiger partial charge in [-0.1, -0.05) is 95.3 Å². The quantitative estimate of drug-likeness (QED) is 0.396. The summed E-state index contributed by atoms with van der Waals surface area (Å²) < 4.78 is 19.5. The first-order valence-corrected chi connectivity index (χ1v) is 14.4. The number of aldehydes is 1. The number of carbonyl (C=O) groups excluding carboxylic acids is 1. The average Bonchev–Trinajstić information content (AvgIpc) is 2.86. The molecule has 2 aromatic rings. The van der Waals surface area contributed by atoms with Gasteiger partial charge in [-0.25, -0.2) is 0 Å². The molecule has 6 nitrogen and oxygen atoms in total. The predicted molar refractivity (Wildman–Crippen MR) is 143 cm³/mol. The van der Waals surface area contributed by atoms with E-state index in [4.69, 9.17) is 13.9 Å². The van der Waals surface area contributed by atoms with Crippen LogP contribution in [0.15, 0.2) is 60.7 Å². The van der Waals surface area contributed by atoms with Crippen molar-refractivity contribution in [2.24, 2.45) is 11.3 Å². The van der Waals surface area contributed by atoms with Gasteiger partial charge >= 0.3 is 5.97 Å². The molecule has 0 bridgehead atoms. The molecule has 1 saturated heterocycles. The minimum atomic E-state index is -2.92. The number of ether oxygens (including phenoxy) is 2. The summed E-state index contributed by atoms with van der Waals surface area (Å²) in [5.74, 6) is -3.41. The van der Waals surface area contributed by atoms with Crippen molar-refractivity contribution in [3.05, 3.63) is 60.7 Å². The monoisotopic (exact) mass is 512 g/mol. The molecule has 3 rings (SSSR count). The van der Waals surface area contributed by atoms with Crippen LogP contribution in [0.5, 0.6) is 0 Å². The van der Waals surface area contributed by atoms with Crippen molar-refractivity contribution in [3.8, 4) is 0 Å². The van der Waals surface area contributed by atoms with E-state index < -0.39 is 43.6 Å². The van der Waals surface area contributed by atoms with Crippen LogP contribution >= 0.6 is 0 Å². The molecular formula is C29H40O6Si. The molecule has 196 valence electrons. The SMILES string of the molecule is CO[C@@]1(C(C)C(=O)O)CC(O[Si](c2ccccc2)(c2ccccc2)C(C)(C)C)C[C@H](C(C)(C)C=O)O1. The lowest BCUT2D eigenvalue weighted by atomic mass is 9.80. The van der Waals surface area contributed by atoms with Gasteiger partial charge in [0, 0.05) is 18.9 Å². The Labute approximate surface area is 216 Å². The van der Waals surface area contributed by atoms with Crippen LogP contribution in [-0.2, 0) is 23.5 Å². The second kappa shape index (κ2) is 10.6. The highest BCUT2D eigenvalue weighted by Gasteiger charge is 2.57. The van der Waals surface area contributed by atoms with Gasteiger partial charge in [-0.3, -0.25) is 4.79 Å². The van der Waals surface area contributed by atoms with Gasteiger partial charge in [-0.2, -0.15) is 0 Å². The van der Waals surface area contributed by atoms with E-state index in [1.807, 2.05) is 50.2 Å². The molecule has 0 saturated carbocycles. The van der Waals surface area contributed by atoms with E-state index in [9.17, 15) is 14.7 Å². The minimum Gasteiger partial charge on any atom is -0.481 e. The van der Waals surface area contributed by atoms with Crippen LogP contribution < -0.4 is 10.4 Å². The maximum Gasteiger partial charge on any atom is 0.311 e. The molecule has 1 heterocycles. The van der Waals surface area contributed by atoms with E-state index in [2.05, 4.69) is 45.0 Å². The zero-order chi connectivity index (χ0) is 26.8. The maximum atomic E-state index is 12.1. The zero-order valence-corrected chi connectivity index (χ0v) is 23.5.